The molecule has 0 aliphatic heterocycles. The number of anilines is 1. The molecule has 0 radical (unpaired) electrons. The molecule has 21 heavy (non-hydrogen) atoms. The molecule has 0 aliphatic carbocycles. The number of rotatable bonds is 3. The fraction of sp³-hybridized carbons (Fsp3) is 0. The van der Waals surface area contributed by atoms with Crippen molar-refractivity contribution < 1.29 is 16.8 Å². The number of primary sulfonamides is 1. The second-order valence-corrected chi connectivity index (χ2v) is 8.48. The number of sulfone groups is 1. The van der Waals surface area contributed by atoms with Gasteiger partial charge in [-0.1, -0.05) is 12.1 Å². The maximum absolute atomic E-state index is 12.6. The molecule has 4 N–H and O–H groups in total. The predicted octanol–water partition coefficient (Wildman–Crippen LogP) is 1.51. The van der Waals surface area contributed by atoms with E-state index in [1.165, 1.54) is 36.4 Å². The summed E-state index contributed by atoms with van der Waals surface area (Å²) in [5, 5.41) is 5.06. The van der Waals surface area contributed by atoms with E-state index in [-0.39, 0.29) is 9.79 Å². The SMILES string of the molecule is Nc1ccc(S(=O)(=O)c2ccccc2S(N)(=O)=O)cc1Br. The van der Waals surface area contributed by atoms with Crippen molar-refractivity contribution in [1.29, 1.82) is 0 Å². The van der Waals surface area contributed by atoms with Crippen molar-refractivity contribution in [2.75, 3.05) is 5.73 Å². The van der Waals surface area contributed by atoms with Crippen LogP contribution < -0.4 is 10.9 Å². The lowest BCUT2D eigenvalue weighted by Crippen LogP contribution is -2.16. The summed E-state index contributed by atoms with van der Waals surface area (Å²) >= 11 is 3.14. The molecule has 0 saturated carbocycles. The molecule has 2 aromatic carbocycles. The van der Waals surface area contributed by atoms with E-state index in [1.54, 1.807) is 0 Å². The maximum atomic E-state index is 12.6. The molecule has 2 rings (SSSR count). The van der Waals surface area contributed by atoms with E-state index in [1.807, 2.05) is 0 Å². The van der Waals surface area contributed by atoms with Crippen LogP contribution in [0.4, 0.5) is 5.69 Å². The first-order chi connectivity index (χ1) is 9.64. The summed E-state index contributed by atoms with van der Waals surface area (Å²) in [6.45, 7) is 0. The monoisotopic (exact) mass is 390 g/mol. The standard InChI is InChI=1S/C12H11BrN2O4S2/c13-9-7-8(5-6-10(9)14)20(16,17)11-3-1-2-4-12(11)21(15,18)19/h1-7H,14H2,(H2,15,18,19). The van der Waals surface area contributed by atoms with Gasteiger partial charge in [0.2, 0.25) is 19.9 Å². The summed E-state index contributed by atoms with van der Waals surface area (Å²) in [4.78, 5) is -0.901. The Bertz CT molecular complexity index is 909. The molecular weight excluding hydrogens is 380 g/mol. The summed E-state index contributed by atoms with van der Waals surface area (Å²) in [7, 11) is -8.20. The second kappa shape index (κ2) is 5.41. The van der Waals surface area contributed by atoms with Crippen LogP contribution in [-0.2, 0) is 19.9 Å². The first-order valence-electron chi connectivity index (χ1n) is 5.56. The number of sulfonamides is 1. The Labute approximate surface area is 130 Å². The Morgan fingerprint density at radius 2 is 1.48 bits per heavy atom. The number of benzene rings is 2. The molecule has 0 unspecified atom stereocenters. The zero-order chi connectivity index (χ0) is 15.8. The van der Waals surface area contributed by atoms with Crippen molar-refractivity contribution in [3.8, 4) is 0 Å². The summed E-state index contributed by atoms with van der Waals surface area (Å²) in [6.07, 6.45) is 0. The molecule has 0 amide bonds. The number of hydrogen-bond acceptors (Lipinski definition) is 5. The highest BCUT2D eigenvalue weighted by Crippen LogP contribution is 2.30. The Balaban J connectivity index is 2.74. The minimum atomic E-state index is -4.16. The van der Waals surface area contributed by atoms with Crippen molar-refractivity contribution in [3.05, 3.63) is 46.9 Å². The minimum Gasteiger partial charge on any atom is -0.398 e. The molecule has 0 atom stereocenters. The van der Waals surface area contributed by atoms with Crippen LogP contribution in [-0.4, -0.2) is 16.8 Å². The third kappa shape index (κ3) is 3.10. The topological polar surface area (TPSA) is 120 Å². The summed E-state index contributed by atoms with van der Waals surface area (Å²) < 4.78 is 48.6. The molecule has 0 aliphatic rings. The fourth-order valence-corrected chi connectivity index (χ4v) is 4.90. The first kappa shape index (κ1) is 16.0. The molecule has 0 aromatic heterocycles. The summed E-state index contributed by atoms with van der Waals surface area (Å²) in [5.74, 6) is 0. The highest BCUT2D eigenvalue weighted by molar-refractivity contribution is 9.10. The average molecular weight is 391 g/mol. The fourth-order valence-electron chi connectivity index (χ4n) is 1.71. The molecule has 0 saturated heterocycles. The van der Waals surface area contributed by atoms with Crippen LogP contribution in [0.1, 0.15) is 0 Å². The maximum Gasteiger partial charge on any atom is 0.239 e. The van der Waals surface area contributed by atoms with Gasteiger partial charge in [-0.3, -0.25) is 0 Å². The Morgan fingerprint density at radius 3 is 2.00 bits per heavy atom. The van der Waals surface area contributed by atoms with Gasteiger partial charge in [-0.2, -0.15) is 0 Å². The van der Waals surface area contributed by atoms with Crippen molar-refractivity contribution in [1.82, 2.24) is 0 Å². The van der Waals surface area contributed by atoms with E-state index in [2.05, 4.69) is 15.9 Å². The van der Waals surface area contributed by atoms with Gasteiger partial charge in [-0.25, -0.2) is 22.0 Å². The van der Waals surface area contributed by atoms with Gasteiger partial charge in [0.25, 0.3) is 0 Å². The van der Waals surface area contributed by atoms with E-state index in [0.29, 0.717) is 10.2 Å². The number of nitrogens with two attached hydrogens (primary N) is 2. The van der Waals surface area contributed by atoms with E-state index < -0.39 is 24.8 Å². The first-order valence-corrected chi connectivity index (χ1v) is 9.38. The van der Waals surface area contributed by atoms with Gasteiger partial charge < -0.3 is 5.73 Å². The molecule has 0 heterocycles. The van der Waals surface area contributed by atoms with Gasteiger partial charge in [-0.15, -0.1) is 0 Å². The molecule has 112 valence electrons. The lowest BCUT2D eigenvalue weighted by molar-refractivity contribution is 0.583. The number of halogens is 1. The Hall–Kier alpha value is -1.42. The molecule has 0 bridgehead atoms. The average Bonchev–Trinajstić information content (AvgIpc) is 2.41. The Kier molecular flexibility index (Phi) is 4.11. The van der Waals surface area contributed by atoms with Crippen LogP contribution in [0.25, 0.3) is 0 Å². The number of nitrogen functional groups attached to an aromatic ring is 1. The lowest BCUT2D eigenvalue weighted by Gasteiger charge is -2.10. The van der Waals surface area contributed by atoms with Crippen molar-refractivity contribution in [2.45, 2.75) is 14.7 Å². The normalized spacial score (nSPS) is 12.3. The van der Waals surface area contributed by atoms with Crippen LogP contribution in [0.2, 0.25) is 0 Å². The van der Waals surface area contributed by atoms with E-state index in [0.717, 1.165) is 6.07 Å². The highest BCUT2D eigenvalue weighted by atomic mass is 79.9. The van der Waals surface area contributed by atoms with Gasteiger partial charge in [0.05, 0.1) is 9.79 Å². The Morgan fingerprint density at radius 1 is 0.905 bits per heavy atom. The molecule has 0 fully saturated rings. The van der Waals surface area contributed by atoms with Gasteiger partial charge in [0.1, 0.15) is 4.90 Å². The minimum absolute atomic E-state index is 0.0836. The van der Waals surface area contributed by atoms with Crippen LogP contribution in [0.5, 0.6) is 0 Å². The van der Waals surface area contributed by atoms with Gasteiger partial charge >= 0.3 is 0 Å². The lowest BCUT2D eigenvalue weighted by atomic mass is 10.3. The van der Waals surface area contributed by atoms with Crippen LogP contribution in [0.15, 0.2) is 61.6 Å². The second-order valence-electron chi connectivity index (χ2n) is 4.18. The van der Waals surface area contributed by atoms with Gasteiger partial charge in [0.15, 0.2) is 0 Å². The molecule has 0 spiro atoms. The van der Waals surface area contributed by atoms with Crippen molar-refractivity contribution >= 4 is 41.5 Å². The molecule has 2 aromatic rings. The van der Waals surface area contributed by atoms with Crippen molar-refractivity contribution in [3.63, 3.8) is 0 Å². The summed E-state index contributed by atoms with van der Waals surface area (Å²) in [5.41, 5.74) is 5.98. The number of hydrogen-bond donors (Lipinski definition) is 2. The quantitative estimate of drug-likeness (QED) is 0.769. The molecular formula is C12H11BrN2O4S2. The van der Waals surface area contributed by atoms with E-state index in [4.69, 9.17) is 10.9 Å². The van der Waals surface area contributed by atoms with Crippen LogP contribution >= 0.6 is 15.9 Å². The van der Waals surface area contributed by atoms with E-state index in [9.17, 15) is 16.8 Å². The largest absolute Gasteiger partial charge is 0.398 e. The van der Waals surface area contributed by atoms with E-state index >= 15 is 0 Å². The third-order valence-corrected chi connectivity index (χ3v) is 6.32. The predicted molar refractivity (Wildman–Crippen MR) is 81.8 cm³/mol. The summed E-state index contributed by atoms with van der Waals surface area (Å²) in [6, 6.07) is 9.19. The highest BCUT2D eigenvalue weighted by Gasteiger charge is 2.26. The third-order valence-electron chi connectivity index (χ3n) is 2.73. The smallest absolute Gasteiger partial charge is 0.239 e. The molecule has 9 heteroatoms. The molecule has 6 nitrogen and oxygen atoms in total. The van der Waals surface area contributed by atoms with Gasteiger partial charge in [-0.05, 0) is 46.3 Å². The van der Waals surface area contributed by atoms with Crippen molar-refractivity contribution in [2.24, 2.45) is 5.14 Å². The zero-order valence-electron chi connectivity index (χ0n) is 10.5. The van der Waals surface area contributed by atoms with Gasteiger partial charge in [0, 0.05) is 10.2 Å². The van der Waals surface area contributed by atoms with Crippen LogP contribution in [0.3, 0.4) is 0 Å². The zero-order valence-corrected chi connectivity index (χ0v) is 13.7. The van der Waals surface area contributed by atoms with Crippen LogP contribution in [0, 0.1) is 0 Å².